The van der Waals surface area contributed by atoms with Crippen LogP contribution in [0.3, 0.4) is 0 Å². The van der Waals surface area contributed by atoms with E-state index in [9.17, 15) is 14.7 Å². The number of nitrogens with two attached hydrogens (primary N) is 2. The van der Waals surface area contributed by atoms with Gasteiger partial charge in [0.25, 0.3) is 0 Å². The summed E-state index contributed by atoms with van der Waals surface area (Å²) in [5, 5.41) is 9.34. The molecule has 9 atom stereocenters. The Hall–Kier alpha value is -3.48. The van der Waals surface area contributed by atoms with E-state index in [0.29, 0.717) is 46.9 Å². The van der Waals surface area contributed by atoms with Gasteiger partial charge in [-0.15, -0.1) is 0 Å². The van der Waals surface area contributed by atoms with Gasteiger partial charge in [0.05, 0.1) is 18.8 Å². The Bertz CT molecular complexity index is 1670. The van der Waals surface area contributed by atoms with Crippen molar-refractivity contribution in [2.75, 3.05) is 24.7 Å². The van der Waals surface area contributed by atoms with Crippen molar-refractivity contribution in [1.29, 1.82) is 0 Å². The zero-order valence-electron chi connectivity index (χ0n) is 35.2. The lowest BCUT2D eigenvalue weighted by atomic mass is 9.43. The molecule has 0 amide bonds. The summed E-state index contributed by atoms with van der Waals surface area (Å²) in [4.78, 5) is 23.8. The van der Waals surface area contributed by atoms with Gasteiger partial charge in [-0.05, 0) is 189 Å². The van der Waals surface area contributed by atoms with Crippen molar-refractivity contribution in [2.24, 2.45) is 52.3 Å². The number of fused-ring (bicyclic) bond motifs is 5. The third-order valence-electron chi connectivity index (χ3n) is 15.5. The predicted molar refractivity (Wildman–Crippen MR) is 228 cm³/mol. The van der Waals surface area contributed by atoms with E-state index in [2.05, 4.69) is 46.8 Å². The molecule has 0 saturated heterocycles. The number of benzene rings is 2. The summed E-state index contributed by atoms with van der Waals surface area (Å²) in [7, 11) is 0. The van der Waals surface area contributed by atoms with Crippen molar-refractivity contribution in [3.63, 3.8) is 0 Å². The van der Waals surface area contributed by atoms with Crippen LogP contribution >= 0.6 is 0 Å². The van der Waals surface area contributed by atoms with Crippen LogP contribution in [0.2, 0.25) is 0 Å². The number of ether oxygens (including phenoxy) is 2. The molecule has 0 aromatic heterocycles. The van der Waals surface area contributed by atoms with E-state index in [1.807, 2.05) is 6.07 Å². The minimum Gasteiger partial charge on any atom is -0.493 e. The molecule has 4 aliphatic carbocycles. The zero-order chi connectivity index (χ0) is 40.0. The van der Waals surface area contributed by atoms with Crippen LogP contribution in [0.15, 0.2) is 42.5 Å². The van der Waals surface area contributed by atoms with Crippen LogP contribution in [0.4, 0.5) is 11.4 Å². The van der Waals surface area contributed by atoms with E-state index in [1.165, 1.54) is 82.3 Å². The van der Waals surface area contributed by atoms with E-state index in [-0.39, 0.29) is 0 Å². The number of carboxylic acid groups (broad SMARTS) is 1. The minimum atomic E-state index is -0.931. The van der Waals surface area contributed by atoms with Gasteiger partial charge < -0.3 is 26.0 Å². The lowest BCUT2D eigenvalue weighted by Gasteiger charge is -2.61. The molecule has 0 bridgehead atoms. The first-order valence-electron chi connectivity index (χ1n) is 22.3. The van der Waals surface area contributed by atoms with Gasteiger partial charge in [0, 0.05) is 17.5 Å². The van der Waals surface area contributed by atoms with Gasteiger partial charge in [0.1, 0.15) is 5.75 Å². The van der Waals surface area contributed by atoms with E-state index in [0.717, 1.165) is 84.8 Å². The van der Waals surface area contributed by atoms with Crippen molar-refractivity contribution < 1.29 is 24.2 Å². The van der Waals surface area contributed by atoms with Crippen LogP contribution < -0.4 is 16.2 Å². The molecule has 4 aliphatic rings. The lowest BCUT2D eigenvalue weighted by molar-refractivity contribution is -0.131. The standard InChI is InChI=1S/C49H72N2O5/c1-32(2)11-10-12-33(3)42-17-18-43-40-16-15-37-28-35(21-23-48(37,4)44(40)22-24-49(42,43)5)41-27-34(14-20-46(52)53)13-19-45(41)55-25-8-6-7-9-26-56-47(54)36-29-38(50)31-39(51)30-36/h13-14,19-20,27,29-33,35,37,40,42-44H,6-12,15-18,21-26,28,50-51H2,1-5H3,(H,52,53)/t33-,35?,37?,40?,42-,43?,44?,48+,49-/m1/s1. The van der Waals surface area contributed by atoms with Gasteiger partial charge in [0.15, 0.2) is 0 Å². The van der Waals surface area contributed by atoms with Crippen LogP contribution in [0.25, 0.3) is 6.08 Å². The first kappa shape index (κ1) is 42.1. The average Bonchev–Trinajstić information content (AvgIpc) is 3.51. The lowest BCUT2D eigenvalue weighted by Crippen LogP contribution is -2.53. The fourth-order valence-corrected chi connectivity index (χ4v) is 12.6. The largest absolute Gasteiger partial charge is 0.493 e. The predicted octanol–water partition coefficient (Wildman–Crippen LogP) is 11.9. The van der Waals surface area contributed by atoms with Crippen molar-refractivity contribution in [1.82, 2.24) is 0 Å². The summed E-state index contributed by atoms with van der Waals surface area (Å²) < 4.78 is 12.0. The molecular weight excluding hydrogens is 697 g/mol. The number of unbranched alkanes of at least 4 members (excludes halogenated alkanes) is 3. The fourth-order valence-electron chi connectivity index (χ4n) is 12.6. The number of nitrogen functional groups attached to an aromatic ring is 2. The van der Waals surface area contributed by atoms with Gasteiger partial charge in [-0.1, -0.05) is 59.9 Å². The number of anilines is 2. The summed E-state index contributed by atoms with van der Waals surface area (Å²) in [6, 6.07) is 11.0. The number of hydrogen-bond acceptors (Lipinski definition) is 6. The maximum Gasteiger partial charge on any atom is 0.338 e. The second kappa shape index (κ2) is 18.4. The van der Waals surface area contributed by atoms with E-state index in [1.54, 1.807) is 24.3 Å². The van der Waals surface area contributed by atoms with Crippen LogP contribution in [0.1, 0.15) is 165 Å². The van der Waals surface area contributed by atoms with E-state index in [4.69, 9.17) is 20.9 Å². The van der Waals surface area contributed by atoms with Crippen LogP contribution in [0.5, 0.6) is 5.75 Å². The summed E-state index contributed by atoms with van der Waals surface area (Å²) in [6.07, 6.45) is 22.8. The molecule has 2 aromatic carbocycles. The molecule has 0 radical (unpaired) electrons. The SMILES string of the molecule is CC(C)CCC[C@@H](C)[C@H]1CCC2C3CCC4CC(c5cc(C=CC(=O)O)ccc5OCCCCCCOC(=O)c5cc(N)cc(N)c5)CC[C@]4(C)C3CC[C@@]21C. The Morgan fingerprint density at radius 2 is 1.54 bits per heavy atom. The molecule has 56 heavy (non-hydrogen) atoms. The van der Waals surface area contributed by atoms with Crippen molar-refractivity contribution in [3.8, 4) is 5.75 Å². The van der Waals surface area contributed by atoms with Crippen LogP contribution in [-0.4, -0.2) is 30.3 Å². The Morgan fingerprint density at radius 1 is 0.821 bits per heavy atom. The highest BCUT2D eigenvalue weighted by Crippen LogP contribution is 2.69. The van der Waals surface area contributed by atoms with Crippen LogP contribution in [0, 0.1) is 52.3 Å². The molecule has 4 fully saturated rings. The third kappa shape index (κ3) is 9.61. The normalized spacial score (nSPS) is 30.4. The molecule has 6 rings (SSSR count). The second-order valence-electron chi connectivity index (χ2n) is 19.4. The summed E-state index contributed by atoms with van der Waals surface area (Å²) in [6.45, 7) is 13.7. The highest BCUT2D eigenvalue weighted by Gasteiger charge is 2.60. The maximum absolute atomic E-state index is 12.4. The molecule has 5 unspecified atom stereocenters. The molecule has 0 aliphatic heterocycles. The highest BCUT2D eigenvalue weighted by molar-refractivity contribution is 5.91. The minimum absolute atomic E-state index is 0.353. The summed E-state index contributed by atoms with van der Waals surface area (Å²) in [5.74, 6) is 5.93. The maximum atomic E-state index is 12.4. The quantitative estimate of drug-likeness (QED) is 0.0633. The summed E-state index contributed by atoms with van der Waals surface area (Å²) in [5.41, 5.74) is 16.0. The van der Waals surface area contributed by atoms with Crippen molar-refractivity contribution in [3.05, 3.63) is 59.2 Å². The van der Waals surface area contributed by atoms with Gasteiger partial charge in [0.2, 0.25) is 0 Å². The molecule has 7 heteroatoms. The summed E-state index contributed by atoms with van der Waals surface area (Å²) >= 11 is 0. The number of esters is 1. The van der Waals surface area contributed by atoms with E-state index < -0.39 is 11.9 Å². The number of hydrogen-bond donors (Lipinski definition) is 3. The molecule has 7 nitrogen and oxygen atoms in total. The Morgan fingerprint density at radius 3 is 2.27 bits per heavy atom. The number of rotatable bonds is 17. The van der Waals surface area contributed by atoms with E-state index >= 15 is 0 Å². The molecule has 0 spiro atoms. The average molecular weight is 769 g/mol. The number of carbonyl (C=O) groups excluding carboxylic acids is 1. The molecule has 0 heterocycles. The first-order chi connectivity index (χ1) is 26.8. The first-order valence-corrected chi connectivity index (χ1v) is 22.3. The molecule has 2 aromatic rings. The molecule has 4 saturated carbocycles. The number of carbonyl (C=O) groups is 2. The second-order valence-corrected chi connectivity index (χ2v) is 19.4. The Labute approximate surface area is 337 Å². The molecular formula is C49H72N2O5. The van der Waals surface area contributed by atoms with Crippen molar-refractivity contribution in [2.45, 2.75) is 143 Å². The third-order valence-corrected chi connectivity index (χ3v) is 15.5. The Kier molecular flexibility index (Phi) is 13.8. The van der Waals surface area contributed by atoms with Crippen LogP contribution in [-0.2, 0) is 9.53 Å². The number of carboxylic acids is 1. The fraction of sp³-hybridized carbons (Fsp3) is 0.673. The Balaban J connectivity index is 1.04. The monoisotopic (exact) mass is 769 g/mol. The topological polar surface area (TPSA) is 125 Å². The molecule has 5 N–H and O–H groups in total. The van der Waals surface area contributed by atoms with Crippen molar-refractivity contribution >= 4 is 29.4 Å². The highest BCUT2D eigenvalue weighted by atomic mass is 16.5. The smallest absolute Gasteiger partial charge is 0.338 e. The zero-order valence-corrected chi connectivity index (χ0v) is 35.2. The van der Waals surface area contributed by atoms with Gasteiger partial charge >= 0.3 is 11.9 Å². The number of aliphatic carboxylic acids is 1. The van der Waals surface area contributed by atoms with Gasteiger partial charge in [-0.2, -0.15) is 0 Å². The molecule has 308 valence electrons. The van der Waals surface area contributed by atoms with Gasteiger partial charge in [-0.25, -0.2) is 9.59 Å². The van der Waals surface area contributed by atoms with Gasteiger partial charge in [-0.3, -0.25) is 0 Å².